The van der Waals surface area contributed by atoms with Gasteiger partial charge in [0.2, 0.25) is 0 Å². The van der Waals surface area contributed by atoms with Crippen LogP contribution in [0.25, 0.3) is 0 Å². The van der Waals surface area contributed by atoms with Crippen LogP contribution < -0.4 is 15.0 Å². The van der Waals surface area contributed by atoms with Gasteiger partial charge in [-0.2, -0.15) is 4.98 Å². The average molecular weight is 320 g/mol. The molecule has 1 aliphatic rings. The summed E-state index contributed by atoms with van der Waals surface area (Å²) in [5.41, 5.74) is 0.402. The van der Waals surface area contributed by atoms with E-state index in [2.05, 4.69) is 20.2 Å². The van der Waals surface area contributed by atoms with Crippen molar-refractivity contribution in [2.45, 2.75) is 13.0 Å². The molecule has 2 heterocycles. The summed E-state index contributed by atoms with van der Waals surface area (Å²) in [6, 6.07) is 5.34. The molecule has 1 fully saturated rings. The van der Waals surface area contributed by atoms with Gasteiger partial charge < -0.3 is 15.0 Å². The quantitative estimate of drug-likeness (QED) is 0.937. The fourth-order valence-corrected chi connectivity index (χ4v) is 2.49. The Kier molecular flexibility index (Phi) is 4.66. The lowest BCUT2D eigenvalue weighted by atomic mass is 10.1. The number of nitrogens with one attached hydrogen (secondary N) is 1. The molecule has 122 valence electrons. The number of halogens is 2. The Morgan fingerprint density at radius 3 is 2.57 bits per heavy atom. The van der Waals surface area contributed by atoms with Gasteiger partial charge in [-0.15, -0.1) is 0 Å². The number of anilines is 1. The van der Waals surface area contributed by atoms with Gasteiger partial charge in [0.1, 0.15) is 23.6 Å². The third-order valence-corrected chi connectivity index (χ3v) is 3.70. The van der Waals surface area contributed by atoms with Crippen molar-refractivity contribution >= 4 is 5.82 Å². The molecule has 1 aromatic heterocycles. The zero-order valence-corrected chi connectivity index (χ0v) is 12.8. The second-order valence-corrected chi connectivity index (χ2v) is 5.40. The van der Waals surface area contributed by atoms with E-state index in [1.165, 1.54) is 12.1 Å². The van der Waals surface area contributed by atoms with Crippen molar-refractivity contribution in [3.05, 3.63) is 47.7 Å². The maximum Gasteiger partial charge on any atom is 0.318 e. The van der Waals surface area contributed by atoms with E-state index in [1.54, 1.807) is 13.1 Å². The predicted molar refractivity (Wildman–Crippen MR) is 82.5 cm³/mol. The van der Waals surface area contributed by atoms with Crippen LogP contribution in [0.15, 0.2) is 30.5 Å². The highest BCUT2D eigenvalue weighted by Crippen LogP contribution is 2.22. The second-order valence-electron chi connectivity index (χ2n) is 5.40. The van der Waals surface area contributed by atoms with E-state index >= 15 is 0 Å². The highest BCUT2D eigenvalue weighted by Gasteiger charge is 2.15. The maximum absolute atomic E-state index is 13.3. The average Bonchev–Trinajstić information content (AvgIpc) is 2.55. The summed E-state index contributed by atoms with van der Waals surface area (Å²) in [6.45, 7) is 5.23. The van der Waals surface area contributed by atoms with Crippen LogP contribution in [-0.4, -0.2) is 36.1 Å². The van der Waals surface area contributed by atoms with E-state index in [4.69, 9.17) is 4.74 Å². The Bertz CT molecular complexity index is 657. The number of aromatic nitrogens is 2. The minimum absolute atomic E-state index is 0.193. The number of benzene rings is 1. The minimum Gasteiger partial charge on any atom is -0.456 e. The molecule has 1 aliphatic heterocycles. The molecule has 1 aromatic carbocycles. The molecule has 7 heteroatoms. The highest BCUT2D eigenvalue weighted by molar-refractivity contribution is 5.39. The summed E-state index contributed by atoms with van der Waals surface area (Å²) in [7, 11) is 0. The van der Waals surface area contributed by atoms with Gasteiger partial charge in [0, 0.05) is 38.4 Å². The molecular weight excluding hydrogens is 302 g/mol. The molecular formula is C16H18F2N4O. The topological polar surface area (TPSA) is 50.3 Å². The van der Waals surface area contributed by atoms with E-state index in [9.17, 15) is 8.78 Å². The third kappa shape index (κ3) is 3.92. The first kappa shape index (κ1) is 15.6. The zero-order valence-electron chi connectivity index (χ0n) is 12.8. The van der Waals surface area contributed by atoms with Gasteiger partial charge in [-0.1, -0.05) is 0 Å². The summed E-state index contributed by atoms with van der Waals surface area (Å²) in [5, 5.41) is 3.28. The summed E-state index contributed by atoms with van der Waals surface area (Å²) in [6.07, 6.45) is 1.07. The third-order valence-electron chi connectivity index (χ3n) is 3.70. The zero-order chi connectivity index (χ0) is 16.2. The Balaban J connectivity index is 1.74. The largest absolute Gasteiger partial charge is 0.456 e. The molecule has 0 saturated carbocycles. The van der Waals surface area contributed by atoms with Crippen molar-refractivity contribution in [2.24, 2.45) is 0 Å². The Morgan fingerprint density at radius 2 is 1.87 bits per heavy atom. The molecule has 1 unspecified atom stereocenters. The summed E-state index contributed by atoms with van der Waals surface area (Å²) < 4.78 is 32.2. The molecule has 5 nitrogen and oxygen atoms in total. The van der Waals surface area contributed by atoms with Gasteiger partial charge in [0.25, 0.3) is 0 Å². The van der Waals surface area contributed by atoms with Crippen molar-refractivity contribution in [1.29, 1.82) is 0 Å². The summed E-state index contributed by atoms with van der Waals surface area (Å²) in [4.78, 5) is 10.6. The lowest BCUT2D eigenvalue weighted by molar-refractivity contribution is 0.206. The molecule has 1 N–H and O–H groups in total. The summed E-state index contributed by atoms with van der Waals surface area (Å²) in [5.74, 6) is -0.481. The fourth-order valence-electron chi connectivity index (χ4n) is 2.49. The Hall–Kier alpha value is -2.28. The molecule has 3 rings (SSSR count). The number of rotatable bonds is 4. The van der Waals surface area contributed by atoms with Crippen LogP contribution in [-0.2, 0) is 0 Å². The van der Waals surface area contributed by atoms with Crippen LogP contribution in [0.1, 0.15) is 18.6 Å². The number of nitrogens with zero attached hydrogens (tertiary/aromatic N) is 3. The molecule has 0 spiro atoms. The monoisotopic (exact) mass is 320 g/mol. The van der Waals surface area contributed by atoms with Crippen molar-refractivity contribution in [3.63, 3.8) is 0 Å². The van der Waals surface area contributed by atoms with Crippen LogP contribution in [0.3, 0.4) is 0 Å². The van der Waals surface area contributed by atoms with Crippen LogP contribution in [0.2, 0.25) is 0 Å². The van der Waals surface area contributed by atoms with Crippen molar-refractivity contribution < 1.29 is 13.5 Å². The summed E-state index contributed by atoms with van der Waals surface area (Å²) >= 11 is 0. The van der Waals surface area contributed by atoms with Crippen LogP contribution in [0, 0.1) is 11.6 Å². The minimum atomic E-state index is -0.633. The van der Waals surface area contributed by atoms with E-state index in [0.717, 1.165) is 38.1 Å². The first-order valence-corrected chi connectivity index (χ1v) is 7.53. The van der Waals surface area contributed by atoms with E-state index in [0.29, 0.717) is 5.56 Å². The molecule has 0 amide bonds. The molecule has 0 bridgehead atoms. The Morgan fingerprint density at radius 1 is 1.17 bits per heavy atom. The van der Waals surface area contributed by atoms with Gasteiger partial charge in [0.15, 0.2) is 0 Å². The van der Waals surface area contributed by atoms with E-state index in [-0.39, 0.29) is 6.01 Å². The number of ether oxygens (including phenoxy) is 1. The second kappa shape index (κ2) is 6.87. The Labute approximate surface area is 133 Å². The van der Waals surface area contributed by atoms with Crippen molar-refractivity contribution in [1.82, 2.24) is 15.3 Å². The molecule has 1 atom stereocenters. The lowest BCUT2D eigenvalue weighted by Crippen LogP contribution is -2.43. The van der Waals surface area contributed by atoms with Crippen molar-refractivity contribution in [2.75, 3.05) is 31.1 Å². The van der Waals surface area contributed by atoms with Gasteiger partial charge >= 0.3 is 6.01 Å². The molecule has 1 saturated heterocycles. The first-order chi connectivity index (χ1) is 11.1. The SMILES string of the molecule is CC(Oc1nccc(N2CCNCC2)n1)c1cc(F)cc(F)c1. The molecule has 2 aromatic rings. The molecule has 0 radical (unpaired) electrons. The van der Waals surface area contributed by atoms with E-state index < -0.39 is 17.7 Å². The first-order valence-electron chi connectivity index (χ1n) is 7.53. The van der Waals surface area contributed by atoms with Gasteiger partial charge in [-0.25, -0.2) is 13.8 Å². The van der Waals surface area contributed by atoms with E-state index in [1.807, 2.05) is 6.07 Å². The number of hydrogen-bond donors (Lipinski definition) is 1. The van der Waals surface area contributed by atoms with Gasteiger partial charge in [0.05, 0.1) is 0 Å². The van der Waals surface area contributed by atoms with Crippen LogP contribution >= 0.6 is 0 Å². The lowest BCUT2D eigenvalue weighted by Gasteiger charge is -2.28. The fraction of sp³-hybridized carbons (Fsp3) is 0.375. The standard InChI is InChI=1S/C16H18F2N4O/c1-11(12-8-13(17)10-14(18)9-12)23-16-20-3-2-15(21-16)22-6-4-19-5-7-22/h2-3,8-11,19H,4-7H2,1H3. The molecule has 23 heavy (non-hydrogen) atoms. The maximum atomic E-state index is 13.3. The van der Waals surface area contributed by atoms with Crippen LogP contribution in [0.4, 0.5) is 14.6 Å². The van der Waals surface area contributed by atoms with Gasteiger partial charge in [-0.05, 0) is 30.7 Å². The number of piperazine rings is 1. The number of hydrogen-bond acceptors (Lipinski definition) is 5. The molecule has 0 aliphatic carbocycles. The normalized spacial score (nSPS) is 16.2. The highest BCUT2D eigenvalue weighted by atomic mass is 19.1. The van der Waals surface area contributed by atoms with Gasteiger partial charge in [-0.3, -0.25) is 0 Å². The van der Waals surface area contributed by atoms with Crippen molar-refractivity contribution in [3.8, 4) is 6.01 Å². The van der Waals surface area contributed by atoms with Crippen LogP contribution in [0.5, 0.6) is 6.01 Å². The predicted octanol–water partition coefficient (Wildman–Crippen LogP) is 2.30. The smallest absolute Gasteiger partial charge is 0.318 e.